The summed E-state index contributed by atoms with van der Waals surface area (Å²) in [6.45, 7) is 2.77. The van der Waals surface area contributed by atoms with E-state index in [0.717, 1.165) is 16.4 Å². The molecule has 0 amide bonds. The van der Waals surface area contributed by atoms with E-state index in [1.165, 1.54) is 33.1 Å². The molecule has 2 rings (SSSR count). The Labute approximate surface area is 121 Å². The third-order valence-electron chi connectivity index (χ3n) is 3.02. The molecule has 0 N–H and O–H groups in total. The molecule has 1 aliphatic heterocycles. The fraction of sp³-hybridized carbons (Fsp3) is 0.467. The molecule has 0 bridgehead atoms. The Hall–Kier alpha value is -1.49. The quantitative estimate of drug-likeness (QED) is 0.489. The van der Waals surface area contributed by atoms with Crippen LogP contribution in [0.25, 0.3) is 0 Å². The highest BCUT2D eigenvalue weighted by atomic mass is 32.2. The van der Waals surface area contributed by atoms with Crippen molar-refractivity contribution >= 4 is 22.8 Å². The lowest BCUT2D eigenvalue weighted by atomic mass is 10.3. The van der Waals surface area contributed by atoms with E-state index in [-0.39, 0.29) is 22.8 Å². The van der Waals surface area contributed by atoms with Gasteiger partial charge in [-0.05, 0) is 31.4 Å². The van der Waals surface area contributed by atoms with Gasteiger partial charge in [-0.2, -0.15) is 0 Å². The van der Waals surface area contributed by atoms with E-state index in [1.807, 2.05) is 6.07 Å². The Morgan fingerprint density at radius 1 is 1.00 bits per heavy atom. The minimum absolute atomic E-state index is 0.0703. The molecular formula is C15H19O4S+. The summed E-state index contributed by atoms with van der Waals surface area (Å²) in [5.74, 6) is 2.66. The average molecular weight is 295 g/mol. The molecule has 20 heavy (non-hydrogen) atoms. The van der Waals surface area contributed by atoms with Crippen molar-refractivity contribution in [2.75, 3.05) is 11.5 Å². The van der Waals surface area contributed by atoms with E-state index < -0.39 is 0 Å². The number of esters is 2. The van der Waals surface area contributed by atoms with Gasteiger partial charge in [-0.15, -0.1) is 0 Å². The predicted octanol–water partition coefficient (Wildman–Crippen LogP) is 2.70. The summed E-state index contributed by atoms with van der Waals surface area (Å²) in [4.78, 5) is 23.3. The summed E-state index contributed by atoms with van der Waals surface area (Å²) in [5, 5.41) is 0. The second kappa shape index (κ2) is 6.79. The van der Waals surface area contributed by atoms with Gasteiger partial charge in [0.1, 0.15) is 17.3 Å². The smallest absolute Gasteiger partial charge is 0.308 e. The van der Waals surface area contributed by atoms with E-state index in [2.05, 4.69) is 0 Å². The molecule has 1 aliphatic rings. The van der Waals surface area contributed by atoms with Crippen LogP contribution in [0.1, 0.15) is 33.1 Å². The second-order valence-corrected chi connectivity index (χ2v) is 7.00. The molecule has 1 heterocycles. The maximum atomic E-state index is 11.2. The summed E-state index contributed by atoms with van der Waals surface area (Å²) >= 11 is 0. The first-order valence-corrected chi connectivity index (χ1v) is 8.31. The molecule has 1 aromatic rings. The van der Waals surface area contributed by atoms with Crippen molar-refractivity contribution < 1.29 is 19.1 Å². The van der Waals surface area contributed by atoms with Gasteiger partial charge < -0.3 is 9.47 Å². The minimum atomic E-state index is -0.344. The summed E-state index contributed by atoms with van der Waals surface area (Å²) in [6.07, 6.45) is 3.65. The zero-order valence-corrected chi connectivity index (χ0v) is 12.6. The van der Waals surface area contributed by atoms with Crippen LogP contribution in [0.2, 0.25) is 0 Å². The first kappa shape index (κ1) is 14.9. The first-order valence-electron chi connectivity index (χ1n) is 6.74. The fourth-order valence-electron chi connectivity index (χ4n) is 2.23. The summed E-state index contributed by atoms with van der Waals surface area (Å²) in [6, 6.07) is 5.22. The Kier molecular flexibility index (Phi) is 5.06. The number of benzene rings is 1. The summed E-state index contributed by atoms with van der Waals surface area (Å²) < 4.78 is 10.4. The topological polar surface area (TPSA) is 52.6 Å². The molecule has 0 atom stereocenters. The Bertz CT molecular complexity index is 507. The van der Waals surface area contributed by atoms with Crippen molar-refractivity contribution in [3.05, 3.63) is 18.2 Å². The monoisotopic (exact) mass is 295 g/mol. The molecular weight excluding hydrogens is 276 g/mol. The first-order chi connectivity index (χ1) is 9.56. The van der Waals surface area contributed by atoms with Crippen LogP contribution in [-0.4, -0.2) is 23.4 Å². The van der Waals surface area contributed by atoms with Crippen molar-refractivity contribution in [3.63, 3.8) is 0 Å². The predicted molar refractivity (Wildman–Crippen MR) is 78.3 cm³/mol. The van der Waals surface area contributed by atoms with Gasteiger partial charge >= 0.3 is 11.9 Å². The number of hydrogen-bond acceptors (Lipinski definition) is 4. The molecule has 5 heteroatoms. The molecule has 0 radical (unpaired) electrons. The molecule has 0 unspecified atom stereocenters. The van der Waals surface area contributed by atoms with Crippen molar-refractivity contribution in [1.82, 2.24) is 0 Å². The second-order valence-electron chi connectivity index (χ2n) is 4.76. The summed E-state index contributed by atoms with van der Waals surface area (Å²) in [7, 11) is 0.0703. The molecule has 0 aliphatic carbocycles. The standard InChI is InChI=1S/C15H19O4S/c1-11(16)18-13-6-7-14(19-12(2)17)15(10-13)20-8-4-3-5-9-20/h6-7,10H,3-5,8-9H2,1-2H3/q+1. The normalized spacial score (nSPS) is 15.7. The molecule has 1 saturated heterocycles. The highest BCUT2D eigenvalue weighted by Crippen LogP contribution is 2.33. The van der Waals surface area contributed by atoms with Gasteiger partial charge in [0.2, 0.25) is 4.90 Å². The molecule has 0 spiro atoms. The fourth-order valence-corrected chi connectivity index (χ4v) is 4.66. The van der Waals surface area contributed by atoms with Crippen LogP contribution >= 0.6 is 0 Å². The third kappa shape index (κ3) is 4.00. The third-order valence-corrected chi connectivity index (χ3v) is 5.53. The van der Waals surface area contributed by atoms with Crippen molar-refractivity contribution in [3.8, 4) is 11.5 Å². The summed E-state index contributed by atoms with van der Waals surface area (Å²) in [5.41, 5.74) is 0. The zero-order chi connectivity index (χ0) is 14.5. The van der Waals surface area contributed by atoms with Gasteiger partial charge in [0.25, 0.3) is 0 Å². The maximum Gasteiger partial charge on any atom is 0.308 e. The number of rotatable bonds is 3. The van der Waals surface area contributed by atoms with Crippen LogP contribution in [-0.2, 0) is 20.5 Å². The van der Waals surface area contributed by atoms with E-state index in [0.29, 0.717) is 11.5 Å². The zero-order valence-electron chi connectivity index (χ0n) is 11.8. The van der Waals surface area contributed by atoms with E-state index in [1.54, 1.807) is 12.1 Å². The molecule has 1 aromatic carbocycles. The number of carbonyl (C=O) groups excluding carboxylic acids is 2. The lowest BCUT2D eigenvalue weighted by Gasteiger charge is -2.16. The van der Waals surface area contributed by atoms with Gasteiger partial charge in [-0.1, -0.05) is 0 Å². The number of carbonyl (C=O) groups is 2. The number of hydrogen-bond donors (Lipinski definition) is 0. The van der Waals surface area contributed by atoms with Crippen LogP contribution in [0.4, 0.5) is 0 Å². The largest absolute Gasteiger partial charge is 0.427 e. The van der Waals surface area contributed by atoms with E-state index in [9.17, 15) is 9.59 Å². The van der Waals surface area contributed by atoms with Crippen LogP contribution < -0.4 is 9.47 Å². The van der Waals surface area contributed by atoms with Crippen LogP contribution in [0, 0.1) is 0 Å². The van der Waals surface area contributed by atoms with Gasteiger partial charge in [0.15, 0.2) is 5.75 Å². The molecule has 108 valence electrons. The highest BCUT2D eigenvalue weighted by Gasteiger charge is 2.29. The van der Waals surface area contributed by atoms with Gasteiger partial charge in [-0.25, -0.2) is 0 Å². The van der Waals surface area contributed by atoms with Gasteiger partial charge in [0.05, 0.1) is 0 Å². The molecule has 0 saturated carbocycles. The SMILES string of the molecule is CC(=O)Oc1ccc(OC(C)=O)c([S+]2CCCCC2)c1. The van der Waals surface area contributed by atoms with E-state index in [4.69, 9.17) is 9.47 Å². The van der Waals surface area contributed by atoms with Gasteiger partial charge in [0, 0.05) is 30.8 Å². The molecule has 1 fully saturated rings. The minimum Gasteiger partial charge on any atom is -0.427 e. The van der Waals surface area contributed by atoms with Crippen molar-refractivity contribution in [2.45, 2.75) is 38.0 Å². The molecule has 0 aromatic heterocycles. The highest BCUT2D eigenvalue weighted by molar-refractivity contribution is 7.97. The Balaban J connectivity index is 2.30. The average Bonchev–Trinajstić information content (AvgIpc) is 2.40. The van der Waals surface area contributed by atoms with Crippen LogP contribution in [0.5, 0.6) is 11.5 Å². The van der Waals surface area contributed by atoms with Gasteiger partial charge in [-0.3, -0.25) is 9.59 Å². The van der Waals surface area contributed by atoms with E-state index >= 15 is 0 Å². The van der Waals surface area contributed by atoms with Crippen LogP contribution in [0.3, 0.4) is 0 Å². The Morgan fingerprint density at radius 3 is 2.25 bits per heavy atom. The number of ether oxygens (including phenoxy) is 2. The lowest BCUT2D eigenvalue weighted by molar-refractivity contribution is -0.133. The van der Waals surface area contributed by atoms with Crippen molar-refractivity contribution in [1.29, 1.82) is 0 Å². The molecule has 4 nitrogen and oxygen atoms in total. The Morgan fingerprint density at radius 2 is 1.65 bits per heavy atom. The van der Waals surface area contributed by atoms with Crippen LogP contribution in [0.15, 0.2) is 23.1 Å². The maximum absolute atomic E-state index is 11.2. The lowest BCUT2D eigenvalue weighted by Crippen LogP contribution is -2.19. The van der Waals surface area contributed by atoms with Crippen molar-refractivity contribution in [2.24, 2.45) is 0 Å².